The van der Waals surface area contributed by atoms with Crippen molar-refractivity contribution >= 4 is 5.71 Å². The summed E-state index contributed by atoms with van der Waals surface area (Å²) in [5.74, 6) is 0. The molecule has 70 valence electrons. The Morgan fingerprint density at radius 2 is 1.92 bits per heavy atom. The average molecular weight is 176 g/mol. The molecule has 0 unspecified atom stereocenters. The quantitative estimate of drug-likeness (QED) is 0.590. The molecule has 1 rings (SSSR count). The largest absolute Gasteiger partial charge is 0.297 e. The van der Waals surface area contributed by atoms with E-state index in [0.29, 0.717) is 6.04 Å². The van der Waals surface area contributed by atoms with Crippen LogP contribution in [0.3, 0.4) is 0 Å². The van der Waals surface area contributed by atoms with Crippen molar-refractivity contribution in [2.24, 2.45) is 5.10 Å². The van der Waals surface area contributed by atoms with Crippen molar-refractivity contribution < 1.29 is 0 Å². The Bertz CT molecular complexity index is 282. The summed E-state index contributed by atoms with van der Waals surface area (Å²) in [5.41, 5.74) is 1.91. The molecule has 0 aromatic rings. The first kappa shape index (κ1) is 9.78. The van der Waals surface area contributed by atoms with Crippen LogP contribution in [-0.2, 0) is 0 Å². The Morgan fingerprint density at radius 1 is 1.31 bits per heavy atom. The van der Waals surface area contributed by atoms with Gasteiger partial charge in [-0.05, 0) is 25.5 Å². The van der Waals surface area contributed by atoms with Gasteiger partial charge in [0.05, 0.1) is 5.71 Å². The van der Waals surface area contributed by atoms with E-state index in [4.69, 9.17) is 0 Å². The van der Waals surface area contributed by atoms with Crippen molar-refractivity contribution in [3.63, 3.8) is 0 Å². The Labute approximate surface area is 79.9 Å². The Hall–Kier alpha value is -1.31. The molecule has 2 nitrogen and oxygen atoms in total. The van der Waals surface area contributed by atoms with Gasteiger partial charge in [-0.1, -0.05) is 24.8 Å². The molecule has 0 heterocycles. The summed E-state index contributed by atoms with van der Waals surface area (Å²) in [5, 5.41) is 6.36. The van der Waals surface area contributed by atoms with Crippen LogP contribution in [0.5, 0.6) is 0 Å². The monoisotopic (exact) mass is 176 g/mol. The maximum atomic E-state index is 4.43. The molecule has 0 atom stereocenters. The van der Waals surface area contributed by atoms with Crippen LogP contribution in [0.1, 0.15) is 13.8 Å². The maximum Gasteiger partial charge on any atom is 0.0897 e. The Kier molecular flexibility index (Phi) is 3.07. The van der Waals surface area contributed by atoms with Gasteiger partial charge in [-0.25, -0.2) is 0 Å². The minimum atomic E-state index is 0.416. The molecular weight excluding hydrogens is 160 g/mol. The highest BCUT2D eigenvalue weighted by atomic mass is 15.4. The first-order valence-corrected chi connectivity index (χ1v) is 4.46. The van der Waals surface area contributed by atoms with Crippen LogP contribution in [-0.4, -0.2) is 23.8 Å². The first-order chi connectivity index (χ1) is 6.11. The minimum Gasteiger partial charge on any atom is -0.297 e. The molecule has 1 aliphatic carbocycles. The molecule has 0 aromatic carbocycles. The molecule has 0 fully saturated rings. The number of hydrazone groups is 1. The smallest absolute Gasteiger partial charge is 0.0897 e. The van der Waals surface area contributed by atoms with Crippen LogP contribution < -0.4 is 0 Å². The number of nitrogens with zero attached hydrogens (tertiary/aromatic N) is 2. The summed E-state index contributed by atoms with van der Waals surface area (Å²) in [4.78, 5) is 0. The summed E-state index contributed by atoms with van der Waals surface area (Å²) in [7, 11) is 1.97. The van der Waals surface area contributed by atoms with Gasteiger partial charge in [-0.15, -0.1) is 0 Å². The van der Waals surface area contributed by atoms with Crippen molar-refractivity contribution in [1.82, 2.24) is 5.01 Å². The first-order valence-electron chi connectivity index (χ1n) is 4.46. The molecule has 0 amide bonds. The SMILES string of the molecule is C=C1C=CC=C/C1=N/N(C)C(C)C. The molecule has 0 saturated heterocycles. The second-order valence-corrected chi connectivity index (χ2v) is 3.40. The van der Waals surface area contributed by atoms with Gasteiger partial charge in [0.15, 0.2) is 0 Å². The molecule has 0 bridgehead atoms. The van der Waals surface area contributed by atoms with E-state index < -0.39 is 0 Å². The van der Waals surface area contributed by atoms with E-state index in [-0.39, 0.29) is 0 Å². The highest BCUT2D eigenvalue weighted by Gasteiger charge is 2.04. The predicted molar refractivity (Wildman–Crippen MR) is 57.8 cm³/mol. The van der Waals surface area contributed by atoms with E-state index in [0.717, 1.165) is 11.3 Å². The van der Waals surface area contributed by atoms with Crippen LogP contribution in [0, 0.1) is 0 Å². The van der Waals surface area contributed by atoms with Gasteiger partial charge < -0.3 is 0 Å². The highest BCUT2D eigenvalue weighted by molar-refractivity contribution is 6.10. The van der Waals surface area contributed by atoms with Crippen LogP contribution in [0.15, 0.2) is 41.6 Å². The topological polar surface area (TPSA) is 15.6 Å². The fraction of sp³-hybridized carbons (Fsp3) is 0.364. The minimum absolute atomic E-state index is 0.416. The van der Waals surface area contributed by atoms with Crippen molar-refractivity contribution in [2.75, 3.05) is 7.05 Å². The zero-order chi connectivity index (χ0) is 9.84. The molecule has 13 heavy (non-hydrogen) atoms. The van der Waals surface area contributed by atoms with Crippen LogP contribution in [0.25, 0.3) is 0 Å². The normalized spacial score (nSPS) is 18.8. The van der Waals surface area contributed by atoms with E-state index in [9.17, 15) is 0 Å². The molecule has 0 saturated carbocycles. The second-order valence-electron chi connectivity index (χ2n) is 3.40. The fourth-order valence-corrected chi connectivity index (χ4v) is 0.894. The van der Waals surface area contributed by atoms with Crippen LogP contribution >= 0.6 is 0 Å². The van der Waals surface area contributed by atoms with Gasteiger partial charge in [0, 0.05) is 13.1 Å². The maximum absolute atomic E-state index is 4.43. The lowest BCUT2D eigenvalue weighted by Crippen LogP contribution is -2.22. The van der Waals surface area contributed by atoms with E-state index in [1.54, 1.807) is 0 Å². The Morgan fingerprint density at radius 3 is 2.46 bits per heavy atom. The Balaban J connectivity index is 2.76. The summed E-state index contributed by atoms with van der Waals surface area (Å²) >= 11 is 0. The lowest BCUT2D eigenvalue weighted by molar-refractivity contribution is 0.289. The van der Waals surface area contributed by atoms with Crippen molar-refractivity contribution in [3.8, 4) is 0 Å². The molecule has 1 aliphatic rings. The number of hydrogen-bond acceptors (Lipinski definition) is 2. The lowest BCUT2D eigenvalue weighted by Gasteiger charge is -2.19. The molecule has 2 heteroatoms. The third-order valence-corrected chi connectivity index (χ3v) is 2.00. The van der Waals surface area contributed by atoms with Crippen LogP contribution in [0.2, 0.25) is 0 Å². The average Bonchev–Trinajstić information content (AvgIpc) is 2.08. The number of allylic oxidation sites excluding steroid dienone is 5. The standard InChI is InChI=1S/C11H16N2/c1-9(2)13(4)12-11-8-6-5-7-10(11)3/h5-9H,3H2,1-2,4H3/b12-11-. The lowest BCUT2D eigenvalue weighted by atomic mass is 10.1. The van der Waals surface area contributed by atoms with E-state index in [1.165, 1.54) is 0 Å². The highest BCUT2D eigenvalue weighted by Crippen LogP contribution is 2.07. The zero-order valence-corrected chi connectivity index (χ0v) is 8.49. The number of rotatable bonds is 2. The van der Waals surface area contributed by atoms with Gasteiger partial charge in [0.2, 0.25) is 0 Å². The zero-order valence-electron chi connectivity index (χ0n) is 8.49. The molecule has 0 spiro atoms. The second kappa shape index (κ2) is 4.08. The summed E-state index contributed by atoms with van der Waals surface area (Å²) in [6, 6.07) is 0.416. The fourth-order valence-electron chi connectivity index (χ4n) is 0.894. The van der Waals surface area contributed by atoms with Gasteiger partial charge >= 0.3 is 0 Å². The van der Waals surface area contributed by atoms with E-state index in [2.05, 4.69) is 25.5 Å². The molecule has 0 N–H and O–H groups in total. The van der Waals surface area contributed by atoms with Gasteiger partial charge in [0.25, 0.3) is 0 Å². The molecule has 0 radical (unpaired) electrons. The van der Waals surface area contributed by atoms with Gasteiger partial charge in [-0.3, -0.25) is 5.01 Å². The van der Waals surface area contributed by atoms with Gasteiger partial charge in [-0.2, -0.15) is 5.10 Å². The number of hydrogen-bond donors (Lipinski definition) is 0. The predicted octanol–water partition coefficient (Wildman–Crippen LogP) is 2.36. The third kappa shape index (κ3) is 2.58. The van der Waals surface area contributed by atoms with Gasteiger partial charge in [0.1, 0.15) is 0 Å². The van der Waals surface area contributed by atoms with Crippen molar-refractivity contribution in [2.45, 2.75) is 19.9 Å². The molecule has 0 aromatic heterocycles. The van der Waals surface area contributed by atoms with Crippen molar-refractivity contribution in [3.05, 3.63) is 36.5 Å². The molecular formula is C11H16N2. The summed E-state index contributed by atoms with van der Waals surface area (Å²) in [6.45, 7) is 8.13. The summed E-state index contributed by atoms with van der Waals surface area (Å²) in [6.07, 6.45) is 7.88. The van der Waals surface area contributed by atoms with Crippen molar-refractivity contribution in [1.29, 1.82) is 0 Å². The van der Waals surface area contributed by atoms with E-state index >= 15 is 0 Å². The molecule has 0 aliphatic heterocycles. The summed E-state index contributed by atoms with van der Waals surface area (Å²) < 4.78 is 0. The third-order valence-electron chi connectivity index (χ3n) is 2.00. The van der Waals surface area contributed by atoms with E-state index in [1.807, 2.05) is 36.4 Å². The van der Waals surface area contributed by atoms with Crippen LogP contribution in [0.4, 0.5) is 0 Å².